The summed E-state index contributed by atoms with van der Waals surface area (Å²) in [6, 6.07) is 7.42. The number of thioether (sulfide) groups is 1. The first kappa shape index (κ1) is 16.4. The van der Waals surface area contributed by atoms with E-state index in [9.17, 15) is 8.42 Å². The van der Waals surface area contributed by atoms with Crippen molar-refractivity contribution in [3.8, 4) is 0 Å². The first-order valence-corrected chi connectivity index (χ1v) is 9.48. The third-order valence-corrected chi connectivity index (χ3v) is 5.62. The van der Waals surface area contributed by atoms with Gasteiger partial charge in [-0.1, -0.05) is 26.0 Å². The number of anilines is 1. The van der Waals surface area contributed by atoms with Gasteiger partial charge in [0.1, 0.15) is 0 Å². The highest BCUT2D eigenvalue weighted by Gasteiger charge is 2.16. The molecule has 1 aromatic rings. The molecule has 0 radical (unpaired) electrons. The van der Waals surface area contributed by atoms with Gasteiger partial charge in [-0.3, -0.25) is 0 Å². The third kappa shape index (κ3) is 5.07. The molecule has 0 aliphatic rings. The third-order valence-electron chi connectivity index (χ3n) is 2.90. The van der Waals surface area contributed by atoms with E-state index in [0.717, 1.165) is 23.6 Å². The lowest BCUT2D eigenvalue weighted by Crippen LogP contribution is -2.18. The van der Waals surface area contributed by atoms with Crippen LogP contribution in [0.5, 0.6) is 0 Å². The summed E-state index contributed by atoms with van der Waals surface area (Å²) in [7, 11) is -3.17. The van der Waals surface area contributed by atoms with Crippen molar-refractivity contribution in [1.82, 2.24) is 0 Å². The predicted molar refractivity (Wildman–Crippen MR) is 84.9 cm³/mol. The van der Waals surface area contributed by atoms with Crippen LogP contribution in [0.4, 0.5) is 5.69 Å². The molecule has 0 fully saturated rings. The quantitative estimate of drug-likeness (QED) is 0.747. The molecule has 19 heavy (non-hydrogen) atoms. The van der Waals surface area contributed by atoms with Gasteiger partial charge in [0.05, 0.1) is 16.3 Å². The lowest BCUT2D eigenvalue weighted by molar-refractivity contribution is 0.597. The van der Waals surface area contributed by atoms with Crippen LogP contribution in [-0.2, 0) is 9.84 Å². The summed E-state index contributed by atoms with van der Waals surface area (Å²) in [5.74, 6) is 2.34. The van der Waals surface area contributed by atoms with Gasteiger partial charge in [-0.25, -0.2) is 8.42 Å². The highest BCUT2D eigenvalue weighted by Crippen LogP contribution is 2.23. The molecule has 3 nitrogen and oxygen atoms in total. The number of nitrogens with one attached hydrogen (secondary N) is 1. The fourth-order valence-electron chi connectivity index (χ4n) is 1.75. The van der Waals surface area contributed by atoms with Crippen molar-refractivity contribution in [2.24, 2.45) is 0 Å². The van der Waals surface area contributed by atoms with Crippen molar-refractivity contribution < 1.29 is 8.42 Å². The number of sulfone groups is 1. The molecule has 0 saturated heterocycles. The number of para-hydroxylation sites is 1. The molecule has 1 atom stereocenters. The number of hydrogen-bond acceptors (Lipinski definition) is 4. The van der Waals surface area contributed by atoms with Crippen LogP contribution in [0.25, 0.3) is 0 Å². The molecule has 0 heterocycles. The number of hydrogen-bond donors (Lipinski definition) is 1. The van der Waals surface area contributed by atoms with Gasteiger partial charge in [0.2, 0.25) is 0 Å². The highest BCUT2D eigenvalue weighted by atomic mass is 32.2. The van der Waals surface area contributed by atoms with Crippen LogP contribution >= 0.6 is 11.8 Å². The molecule has 1 rings (SSSR count). The lowest BCUT2D eigenvalue weighted by Gasteiger charge is -2.17. The van der Waals surface area contributed by atoms with Crippen LogP contribution in [0.1, 0.15) is 27.2 Å². The van der Waals surface area contributed by atoms with Gasteiger partial charge in [0.25, 0.3) is 0 Å². The molecule has 0 spiro atoms. The van der Waals surface area contributed by atoms with E-state index in [0.29, 0.717) is 4.90 Å². The van der Waals surface area contributed by atoms with Crippen molar-refractivity contribution in [3.63, 3.8) is 0 Å². The van der Waals surface area contributed by atoms with Crippen molar-refractivity contribution in [2.75, 3.05) is 22.6 Å². The van der Waals surface area contributed by atoms with Gasteiger partial charge in [0.15, 0.2) is 9.84 Å². The summed E-state index contributed by atoms with van der Waals surface area (Å²) in [6.45, 7) is 5.91. The van der Waals surface area contributed by atoms with E-state index < -0.39 is 9.84 Å². The van der Waals surface area contributed by atoms with E-state index >= 15 is 0 Å². The molecular formula is C14H23NO2S2. The largest absolute Gasteiger partial charge is 0.382 e. The smallest absolute Gasteiger partial charge is 0.180 e. The maximum atomic E-state index is 12.0. The Balaban J connectivity index is 2.79. The fourth-order valence-corrected chi connectivity index (χ4v) is 3.62. The summed E-state index contributed by atoms with van der Waals surface area (Å²) >= 11 is 1.90. The Hall–Kier alpha value is -0.680. The Morgan fingerprint density at radius 2 is 1.95 bits per heavy atom. The van der Waals surface area contributed by atoms with E-state index in [1.165, 1.54) is 0 Å². The molecule has 1 aromatic carbocycles. The standard InChI is InChI=1S/C14H23NO2S2/c1-4-18-11-10-12(3)15-13-8-6-7-9-14(13)19(16,17)5-2/h6-9,12,15H,4-5,10-11H2,1-3H3. The van der Waals surface area contributed by atoms with Crippen molar-refractivity contribution >= 4 is 27.3 Å². The molecular weight excluding hydrogens is 278 g/mol. The van der Waals surface area contributed by atoms with Crippen LogP contribution in [-0.4, -0.2) is 31.7 Å². The van der Waals surface area contributed by atoms with Crippen LogP contribution in [0.3, 0.4) is 0 Å². The Kier molecular flexibility index (Phi) is 6.72. The molecule has 0 saturated carbocycles. The zero-order valence-electron chi connectivity index (χ0n) is 11.8. The second-order valence-electron chi connectivity index (χ2n) is 4.43. The summed E-state index contributed by atoms with van der Waals surface area (Å²) in [4.78, 5) is 0.410. The zero-order valence-corrected chi connectivity index (χ0v) is 13.5. The average molecular weight is 301 g/mol. The molecule has 0 aromatic heterocycles. The lowest BCUT2D eigenvalue weighted by atomic mass is 10.2. The second-order valence-corrected chi connectivity index (χ2v) is 8.07. The number of benzene rings is 1. The van der Waals surface area contributed by atoms with Gasteiger partial charge in [-0.15, -0.1) is 0 Å². The highest BCUT2D eigenvalue weighted by molar-refractivity contribution is 7.99. The maximum absolute atomic E-state index is 12.0. The van der Waals surface area contributed by atoms with E-state index in [1.807, 2.05) is 23.9 Å². The maximum Gasteiger partial charge on any atom is 0.180 e. The molecule has 0 amide bonds. The molecule has 0 aliphatic heterocycles. The van der Waals surface area contributed by atoms with Crippen molar-refractivity contribution in [3.05, 3.63) is 24.3 Å². The topological polar surface area (TPSA) is 46.2 Å². The summed E-state index contributed by atoms with van der Waals surface area (Å²) in [5.41, 5.74) is 0.721. The van der Waals surface area contributed by atoms with Gasteiger partial charge < -0.3 is 5.32 Å². The summed E-state index contributed by atoms with van der Waals surface area (Å²) in [5, 5.41) is 3.32. The first-order chi connectivity index (χ1) is 9.01. The van der Waals surface area contributed by atoms with E-state index in [1.54, 1.807) is 19.1 Å². The second kappa shape index (κ2) is 7.80. The normalized spacial score (nSPS) is 13.2. The summed E-state index contributed by atoms with van der Waals surface area (Å²) in [6.07, 6.45) is 1.03. The molecule has 0 bridgehead atoms. The van der Waals surface area contributed by atoms with Crippen molar-refractivity contribution in [1.29, 1.82) is 0 Å². The minimum Gasteiger partial charge on any atom is -0.382 e. The SMILES string of the molecule is CCSCCC(C)Nc1ccccc1S(=O)(=O)CC. The van der Waals surface area contributed by atoms with Crippen LogP contribution < -0.4 is 5.32 Å². The predicted octanol–water partition coefficient (Wildman–Crippen LogP) is 3.42. The average Bonchev–Trinajstić information content (AvgIpc) is 2.39. The summed E-state index contributed by atoms with van der Waals surface area (Å²) < 4.78 is 24.0. The molecule has 108 valence electrons. The van der Waals surface area contributed by atoms with Crippen LogP contribution in [0.15, 0.2) is 29.2 Å². The minimum atomic E-state index is -3.17. The van der Waals surface area contributed by atoms with Gasteiger partial charge in [0, 0.05) is 6.04 Å². The zero-order chi connectivity index (χ0) is 14.3. The Bertz CT molecular complexity index is 486. The van der Waals surface area contributed by atoms with E-state index in [4.69, 9.17) is 0 Å². The van der Waals surface area contributed by atoms with Gasteiger partial charge in [-0.05, 0) is 37.0 Å². The van der Waals surface area contributed by atoms with E-state index in [-0.39, 0.29) is 11.8 Å². The fraction of sp³-hybridized carbons (Fsp3) is 0.571. The monoisotopic (exact) mass is 301 g/mol. The number of rotatable bonds is 8. The van der Waals surface area contributed by atoms with Gasteiger partial charge >= 0.3 is 0 Å². The Morgan fingerprint density at radius 1 is 1.26 bits per heavy atom. The molecule has 1 N–H and O–H groups in total. The molecule has 0 aliphatic carbocycles. The van der Waals surface area contributed by atoms with E-state index in [2.05, 4.69) is 19.2 Å². The Labute approximate surface area is 121 Å². The van der Waals surface area contributed by atoms with Crippen LogP contribution in [0.2, 0.25) is 0 Å². The van der Waals surface area contributed by atoms with Gasteiger partial charge in [-0.2, -0.15) is 11.8 Å². The molecule has 1 unspecified atom stereocenters. The molecule has 5 heteroatoms. The van der Waals surface area contributed by atoms with Crippen LogP contribution in [0, 0.1) is 0 Å². The minimum absolute atomic E-state index is 0.131. The first-order valence-electron chi connectivity index (χ1n) is 6.67. The Morgan fingerprint density at radius 3 is 2.58 bits per heavy atom. The van der Waals surface area contributed by atoms with Crippen molar-refractivity contribution in [2.45, 2.75) is 38.1 Å².